The van der Waals surface area contributed by atoms with Gasteiger partial charge in [-0.05, 0) is 30.9 Å². The summed E-state index contributed by atoms with van der Waals surface area (Å²) in [5.41, 5.74) is 5.51. The van der Waals surface area contributed by atoms with E-state index in [1.165, 1.54) is 7.11 Å². The van der Waals surface area contributed by atoms with Crippen molar-refractivity contribution in [3.63, 3.8) is 0 Å². The van der Waals surface area contributed by atoms with Gasteiger partial charge in [0, 0.05) is 12.6 Å². The molecule has 118 valence electrons. The van der Waals surface area contributed by atoms with Crippen molar-refractivity contribution in [3.8, 4) is 5.75 Å². The van der Waals surface area contributed by atoms with Crippen molar-refractivity contribution in [2.75, 3.05) is 19.5 Å². The Morgan fingerprint density at radius 1 is 1.48 bits per heavy atom. The molecule has 1 fully saturated rings. The molecular weight excluding hydrogens is 299 g/mol. The highest BCUT2D eigenvalue weighted by molar-refractivity contribution is 7.89. The second-order valence-electron chi connectivity index (χ2n) is 5.13. The van der Waals surface area contributed by atoms with E-state index in [9.17, 15) is 17.9 Å². The number of sulfonamides is 1. The molecule has 2 rings (SSSR count). The molecule has 0 spiro atoms. The molecule has 2 unspecified atom stereocenters. The predicted octanol–water partition coefficient (Wildman–Crippen LogP) is 0.856. The lowest BCUT2D eigenvalue weighted by Crippen LogP contribution is -2.38. The molecule has 0 bridgehead atoms. The van der Waals surface area contributed by atoms with Crippen LogP contribution in [0, 0.1) is 11.7 Å². The zero-order valence-corrected chi connectivity index (χ0v) is 12.5. The van der Waals surface area contributed by atoms with E-state index >= 15 is 0 Å². The van der Waals surface area contributed by atoms with Crippen molar-refractivity contribution >= 4 is 15.7 Å². The van der Waals surface area contributed by atoms with Crippen molar-refractivity contribution in [1.29, 1.82) is 0 Å². The normalized spacial score (nSPS) is 22.4. The van der Waals surface area contributed by atoms with E-state index in [2.05, 4.69) is 4.72 Å². The van der Waals surface area contributed by atoms with E-state index in [1.807, 2.05) is 0 Å². The Bertz CT molecular complexity index is 598. The third-order valence-corrected chi connectivity index (χ3v) is 5.23. The van der Waals surface area contributed by atoms with E-state index in [-0.39, 0.29) is 34.9 Å². The topological polar surface area (TPSA) is 102 Å². The first-order valence-corrected chi connectivity index (χ1v) is 8.13. The first kappa shape index (κ1) is 16.0. The van der Waals surface area contributed by atoms with Crippen LogP contribution < -0.4 is 15.2 Å². The first-order valence-electron chi connectivity index (χ1n) is 6.65. The predicted molar refractivity (Wildman–Crippen MR) is 75.9 cm³/mol. The number of anilines is 1. The summed E-state index contributed by atoms with van der Waals surface area (Å²) in [5, 5.41) is 9.23. The van der Waals surface area contributed by atoms with Crippen molar-refractivity contribution < 1.29 is 22.7 Å². The first-order chi connectivity index (χ1) is 9.89. The molecule has 8 heteroatoms. The van der Waals surface area contributed by atoms with Gasteiger partial charge in [0.25, 0.3) is 0 Å². The second-order valence-corrected chi connectivity index (χ2v) is 6.84. The number of hydrogen-bond acceptors (Lipinski definition) is 5. The van der Waals surface area contributed by atoms with Crippen LogP contribution in [0.5, 0.6) is 5.75 Å². The number of rotatable bonds is 5. The molecule has 1 aliphatic rings. The molecule has 1 saturated carbocycles. The Hall–Kier alpha value is -1.38. The van der Waals surface area contributed by atoms with Gasteiger partial charge in [0.1, 0.15) is 0 Å². The summed E-state index contributed by atoms with van der Waals surface area (Å²) in [6.07, 6.45) is 2.26. The molecule has 0 radical (unpaired) electrons. The number of aliphatic hydroxyl groups excluding tert-OH is 1. The van der Waals surface area contributed by atoms with Gasteiger partial charge in [-0.25, -0.2) is 17.5 Å². The number of halogens is 1. The molecule has 0 aromatic heterocycles. The van der Waals surface area contributed by atoms with Gasteiger partial charge >= 0.3 is 0 Å². The monoisotopic (exact) mass is 318 g/mol. The Labute approximate surface area is 123 Å². The highest BCUT2D eigenvalue weighted by Crippen LogP contribution is 2.30. The maximum Gasteiger partial charge on any atom is 0.241 e. The number of hydrogen-bond donors (Lipinski definition) is 3. The van der Waals surface area contributed by atoms with Gasteiger partial charge in [-0.2, -0.15) is 0 Å². The van der Waals surface area contributed by atoms with Crippen molar-refractivity contribution in [2.45, 2.75) is 30.2 Å². The molecule has 1 aromatic rings. The van der Waals surface area contributed by atoms with E-state index in [0.29, 0.717) is 6.42 Å². The lowest BCUT2D eigenvalue weighted by Gasteiger charge is -2.19. The number of methoxy groups -OCH3 is 1. The van der Waals surface area contributed by atoms with Crippen LogP contribution in [0.3, 0.4) is 0 Å². The maximum atomic E-state index is 13.8. The van der Waals surface area contributed by atoms with E-state index < -0.39 is 15.8 Å². The van der Waals surface area contributed by atoms with Crippen molar-refractivity contribution in [3.05, 3.63) is 17.9 Å². The van der Waals surface area contributed by atoms with E-state index in [1.54, 1.807) is 0 Å². The van der Waals surface area contributed by atoms with Crippen LogP contribution in [0.25, 0.3) is 0 Å². The largest absolute Gasteiger partial charge is 0.492 e. The molecule has 0 saturated heterocycles. The molecule has 0 heterocycles. The number of nitrogens with two attached hydrogens (primary N) is 1. The summed E-state index contributed by atoms with van der Waals surface area (Å²) in [5.74, 6) is -1.12. The minimum atomic E-state index is -3.89. The van der Waals surface area contributed by atoms with Crippen LogP contribution in [0.4, 0.5) is 10.1 Å². The Morgan fingerprint density at radius 2 is 2.19 bits per heavy atom. The van der Waals surface area contributed by atoms with Crippen molar-refractivity contribution in [1.82, 2.24) is 4.72 Å². The van der Waals surface area contributed by atoms with Crippen LogP contribution in [-0.2, 0) is 10.0 Å². The number of benzene rings is 1. The molecule has 0 aliphatic heterocycles. The van der Waals surface area contributed by atoms with Gasteiger partial charge in [0.2, 0.25) is 10.0 Å². The summed E-state index contributed by atoms with van der Waals surface area (Å²) in [6.45, 7) is -0.0771. The molecule has 2 atom stereocenters. The van der Waals surface area contributed by atoms with Gasteiger partial charge in [-0.3, -0.25) is 0 Å². The molecular formula is C13H19FN2O4S. The van der Waals surface area contributed by atoms with E-state index in [0.717, 1.165) is 25.0 Å². The number of nitrogens with one attached hydrogen (secondary N) is 1. The second kappa shape index (κ2) is 6.17. The van der Waals surface area contributed by atoms with Crippen LogP contribution in [0.2, 0.25) is 0 Å². The lowest BCUT2D eigenvalue weighted by molar-refractivity contribution is 0.213. The number of nitrogen functional groups attached to an aromatic ring is 1. The van der Waals surface area contributed by atoms with E-state index in [4.69, 9.17) is 10.5 Å². The molecule has 1 aliphatic carbocycles. The van der Waals surface area contributed by atoms with Crippen LogP contribution >= 0.6 is 0 Å². The average molecular weight is 318 g/mol. The summed E-state index contributed by atoms with van der Waals surface area (Å²) < 4.78 is 45.6. The highest BCUT2D eigenvalue weighted by atomic mass is 32.2. The zero-order chi connectivity index (χ0) is 15.6. The average Bonchev–Trinajstić information content (AvgIpc) is 2.84. The highest BCUT2D eigenvalue weighted by Gasteiger charge is 2.31. The van der Waals surface area contributed by atoms with Gasteiger partial charge in [0.05, 0.1) is 17.7 Å². The smallest absolute Gasteiger partial charge is 0.241 e. The third kappa shape index (κ3) is 3.28. The Morgan fingerprint density at radius 3 is 2.76 bits per heavy atom. The quantitative estimate of drug-likeness (QED) is 0.699. The van der Waals surface area contributed by atoms with Crippen LogP contribution in [0.15, 0.2) is 17.0 Å². The molecule has 4 N–H and O–H groups in total. The van der Waals surface area contributed by atoms with Gasteiger partial charge in [-0.1, -0.05) is 6.42 Å². The summed E-state index contributed by atoms with van der Waals surface area (Å²) in [6, 6.07) is 1.69. The summed E-state index contributed by atoms with van der Waals surface area (Å²) in [4.78, 5) is -0.248. The molecule has 6 nitrogen and oxygen atoms in total. The zero-order valence-electron chi connectivity index (χ0n) is 11.7. The maximum absolute atomic E-state index is 13.8. The fraction of sp³-hybridized carbons (Fsp3) is 0.538. The molecule has 1 aromatic carbocycles. The minimum Gasteiger partial charge on any atom is -0.492 e. The summed E-state index contributed by atoms with van der Waals surface area (Å²) >= 11 is 0. The fourth-order valence-corrected chi connectivity index (χ4v) is 4.02. The lowest BCUT2D eigenvalue weighted by atomic mass is 10.1. The summed E-state index contributed by atoms with van der Waals surface area (Å²) in [7, 11) is -2.64. The Kier molecular flexibility index (Phi) is 4.70. The number of aliphatic hydroxyl groups is 1. The molecule has 0 amide bonds. The van der Waals surface area contributed by atoms with Gasteiger partial charge < -0.3 is 15.6 Å². The van der Waals surface area contributed by atoms with Crippen LogP contribution in [-0.4, -0.2) is 33.3 Å². The minimum absolute atomic E-state index is 0.0771. The van der Waals surface area contributed by atoms with Crippen molar-refractivity contribution in [2.24, 2.45) is 5.92 Å². The Balaban J connectivity index is 2.28. The fourth-order valence-electron chi connectivity index (χ4n) is 2.64. The third-order valence-electron chi connectivity index (χ3n) is 3.76. The number of ether oxygens (including phenoxy) is 1. The standard InChI is InChI=1S/C13H19FN2O4S/c1-20-13-10(14)5-9(6-11(13)15)21(18,19)16-12-4-2-3-8(12)7-17/h5-6,8,12,16-17H,2-4,7,15H2,1H3. The van der Waals surface area contributed by atoms with Gasteiger partial charge in [-0.15, -0.1) is 0 Å². The van der Waals surface area contributed by atoms with Crippen LogP contribution in [0.1, 0.15) is 19.3 Å². The SMILES string of the molecule is COc1c(N)cc(S(=O)(=O)NC2CCCC2CO)cc1F. The molecule has 21 heavy (non-hydrogen) atoms. The van der Waals surface area contributed by atoms with Gasteiger partial charge in [0.15, 0.2) is 11.6 Å².